The number of nitrogens with zero attached hydrogens (tertiary/aromatic N) is 3. The molecule has 0 aliphatic carbocycles. The Hall–Kier alpha value is 0.655. The molecule has 0 radical (unpaired) electrons. The number of hydrogen-bond donors (Lipinski definition) is 0. The average Bonchev–Trinajstić information content (AvgIpc) is 2.03. The maximum absolute atomic E-state index is 6.29. The van der Waals surface area contributed by atoms with E-state index in [1.165, 1.54) is 0 Å². The van der Waals surface area contributed by atoms with Gasteiger partial charge in [-0.2, -0.15) is 22.9 Å². The molecule has 8 heteroatoms. The Morgan fingerprint density at radius 1 is 0.643 bits per heavy atom. The summed E-state index contributed by atoms with van der Waals surface area (Å²) in [5, 5.41) is 0. The molecule has 0 amide bonds. The van der Waals surface area contributed by atoms with Gasteiger partial charge in [0.1, 0.15) is 0 Å². The van der Waals surface area contributed by atoms with E-state index in [2.05, 4.69) is 4.81 Å². The molecule has 0 N–H and O–H groups in total. The SMILES string of the molecule is CN(C)B(Cl)B(B(Cl)N(C)C)N(C)C. The van der Waals surface area contributed by atoms with Gasteiger partial charge in [0.05, 0.1) is 0 Å². The molecule has 0 bridgehead atoms. The van der Waals surface area contributed by atoms with Crippen molar-refractivity contribution in [2.24, 2.45) is 0 Å². The van der Waals surface area contributed by atoms with Gasteiger partial charge in [-0.25, -0.2) is 0 Å². The van der Waals surface area contributed by atoms with Crippen LogP contribution in [0.5, 0.6) is 0 Å². The minimum atomic E-state index is -0.102. The fraction of sp³-hybridized carbons (Fsp3) is 1.00. The summed E-state index contributed by atoms with van der Waals surface area (Å²) in [6, 6.07) is 0. The lowest BCUT2D eigenvalue weighted by Gasteiger charge is -2.31. The van der Waals surface area contributed by atoms with Crippen LogP contribution in [0, 0.1) is 0 Å². The minimum absolute atomic E-state index is 0.0864. The topological polar surface area (TPSA) is 9.72 Å². The van der Waals surface area contributed by atoms with Gasteiger partial charge in [0.15, 0.2) is 0 Å². The molecule has 0 saturated carbocycles. The quantitative estimate of drug-likeness (QED) is 0.634. The lowest BCUT2D eigenvalue weighted by molar-refractivity contribution is 0.624. The minimum Gasteiger partial charge on any atom is -0.354 e. The zero-order chi connectivity index (χ0) is 11.5. The van der Waals surface area contributed by atoms with Gasteiger partial charge in [0.25, 0.3) is 0 Å². The van der Waals surface area contributed by atoms with Gasteiger partial charge in [-0.1, -0.05) is 0 Å². The molecule has 0 saturated heterocycles. The third-order valence-electron chi connectivity index (χ3n) is 2.15. The summed E-state index contributed by atoms with van der Waals surface area (Å²) in [4.78, 5) is 5.98. The van der Waals surface area contributed by atoms with E-state index in [1.54, 1.807) is 0 Å². The Morgan fingerprint density at radius 3 is 1.07 bits per heavy atom. The van der Waals surface area contributed by atoms with Gasteiger partial charge in [0.2, 0.25) is 6.63 Å². The van der Waals surface area contributed by atoms with Crippen molar-refractivity contribution < 1.29 is 0 Å². The Morgan fingerprint density at radius 2 is 0.929 bits per heavy atom. The molecular formula is C6H18B3Cl2N3. The van der Waals surface area contributed by atoms with E-state index in [1.807, 2.05) is 51.9 Å². The van der Waals surface area contributed by atoms with Gasteiger partial charge in [-0.15, -0.1) is 0 Å². The zero-order valence-corrected chi connectivity index (χ0v) is 11.3. The standard InChI is InChI=1S/C6H18B3Cl2N3/c1-12(2)7(8(10)13(3)4)9(11)14(5)6/h1-6H3. The first-order chi connectivity index (χ1) is 6.29. The van der Waals surface area contributed by atoms with Crippen molar-refractivity contribution in [3.8, 4) is 0 Å². The summed E-state index contributed by atoms with van der Waals surface area (Å²) in [5.74, 6) is 0. The summed E-state index contributed by atoms with van der Waals surface area (Å²) < 4.78 is 0. The molecule has 0 aromatic heterocycles. The van der Waals surface area contributed by atoms with Crippen LogP contribution >= 0.6 is 22.9 Å². The molecule has 0 atom stereocenters. The van der Waals surface area contributed by atoms with Crippen LogP contribution in [0.15, 0.2) is 0 Å². The van der Waals surface area contributed by atoms with Crippen LogP contribution in [0.25, 0.3) is 0 Å². The van der Waals surface area contributed by atoms with Crippen LogP contribution in [-0.4, -0.2) is 75.7 Å². The first-order valence-electron chi connectivity index (χ1n) is 4.56. The molecule has 0 aliphatic rings. The highest BCUT2D eigenvalue weighted by Gasteiger charge is 2.42. The third-order valence-corrected chi connectivity index (χ3v) is 3.44. The smallest absolute Gasteiger partial charge is 0.308 e. The lowest BCUT2D eigenvalue weighted by Crippen LogP contribution is -2.63. The molecule has 3 nitrogen and oxygen atoms in total. The highest BCUT2D eigenvalue weighted by molar-refractivity contribution is 7.66. The number of rotatable bonds is 5. The number of hydrogen-bond acceptors (Lipinski definition) is 3. The molecule has 14 heavy (non-hydrogen) atoms. The lowest BCUT2D eigenvalue weighted by atomic mass is 9.14. The molecular weight excluding hydrogens is 217 g/mol. The van der Waals surface area contributed by atoms with Crippen LogP contribution in [0.2, 0.25) is 0 Å². The van der Waals surface area contributed by atoms with Gasteiger partial charge in [-0.05, 0) is 42.3 Å². The summed E-state index contributed by atoms with van der Waals surface area (Å²) in [5.41, 5.74) is 0. The van der Waals surface area contributed by atoms with Crippen molar-refractivity contribution in [1.29, 1.82) is 0 Å². The maximum atomic E-state index is 6.29. The van der Waals surface area contributed by atoms with Crippen molar-refractivity contribution in [3.05, 3.63) is 0 Å². The highest BCUT2D eigenvalue weighted by atomic mass is 35.5. The summed E-state index contributed by atoms with van der Waals surface area (Å²) >= 11 is 12.6. The van der Waals surface area contributed by atoms with Crippen molar-refractivity contribution in [2.45, 2.75) is 0 Å². The second-order valence-corrected chi connectivity index (χ2v) is 5.02. The highest BCUT2D eigenvalue weighted by Crippen LogP contribution is 2.10. The second kappa shape index (κ2) is 6.28. The van der Waals surface area contributed by atoms with Crippen LogP contribution in [-0.2, 0) is 0 Å². The van der Waals surface area contributed by atoms with Crippen molar-refractivity contribution in [3.63, 3.8) is 0 Å². The van der Waals surface area contributed by atoms with Gasteiger partial charge < -0.3 is 14.4 Å². The predicted octanol–water partition coefficient (Wildman–Crippen LogP) is 0.273. The van der Waals surface area contributed by atoms with Crippen molar-refractivity contribution in [2.75, 3.05) is 42.3 Å². The second-order valence-electron chi connectivity index (χ2n) is 4.13. The Bertz CT molecular complexity index is 156. The fourth-order valence-corrected chi connectivity index (χ4v) is 2.03. The monoisotopic (exact) mass is 235 g/mol. The first kappa shape index (κ1) is 14.7. The Balaban J connectivity index is 4.59. The molecule has 0 fully saturated rings. The van der Waals surface area contributed by atoms with Crippen molar-refractivity contribution in [1.82, 2.24) is 14.4 Å². The van der Waals surface area contributed by atoms with E-state index in [0.29, 0.717) is 0 Å². The van der Waals surface area contributed by atoms with Crippen LogP contribution < -0.4 is 0 Å². The van der Waals surface area contributed by atoms with E-state index in [-0.39, 0.29) is 18.9 Å². The molecule has 0 heterocycles. The maximum Gasteiger partial charge on any atom is 0.308 e. The average molecular weight is 236 g/mol. The van der Waals surface area contributed by atoms with Gasteiger partial charge in [0, 0.05) is 0 Å². The molecule has 0 unspecified atom stereocenters. The van der Waals surface area contributed by atoms with E-state index in [9.17, 15) is 0 Å². The largest absolute Gasteiger partial charge is 0.354 e. The molecule has 0 aromatic rings. The first-order valence-corrected chi connectivity index (χ1v) is 5.43. The van der Waals surface area contributed by atoms with Gasteiger partial charge in [-0.3, -0.25) is 0 Å². The van der Waals surface area contributed by atoms with Crippen LogP contribution in [0.3, 0.4) is 0 Å². The number of halogens is 2. The summed E-state index contributed by atoms with van der Waals surface area (Å²) in [7, 11) is 11.8. The van der Waals surface area contributed by atoms with Crippen molar-refractivity contribution >= 4 is 41.9 Å². The molecule has 0 aliphatic heterocycles. The predicted molar refractivity (Wildman–Crippen MR) is 70.0 cm³/mol. The fourth-order valence-electron chi connectivity index (χ4n) is 1.23. The zero-order valence-electron chi connectivity index (χ0n) is 9.83. The molecule has 0 rings (SSSR count). The van der Waals surface area contributed by atoms with E-state index >= 15 is 0 Å². The van der Waals surface area contributed by atoms with E-state index in [0.717, 1.165) is 0 Å². The summed E-state index contributed by atoms with van der Waals surface area (Å²) in [6.45, 7) is 0.0864. The van der Waals surface area contributed by atoms with E-state index in [4.69, 9.17) is 22.9 Å². The van der Waals surface area contributed by atoms with Crippen LogP contribution in [0.4, 0.5) is 0 Å². The molecule has 80 valence electrons. The molecule has 0 spiro atoms. The van der Waals surface area contributed by atoms with E-state index < -0.39 is 0 Å². The summed E-state index contributed by atoms with van der Waals surface area (Å²) in [6.07, 6.45) is -0.204. The third kappa shape index (κ3) is 4.03. The Kier molecular flexibility index (Phi) is 6.58. The van der Waals surface area contributed by atoms with Gasteiger partial charge >= 0.3 is 12.3 Å². The molecule has 0 aromatic carbocycles. The normalized spacial score (nSPS) is 11.4. The van der Waals surface area contributed by atoms with Crippen LogP contribution in [0.1, 0.15) is 0 Å². The Labute approximate surface area is 98.8 Å².